The first-order chi connectivity index (χ1) is 30.7. The smallest absolute Gasteiger partial charge is 0.237 e. The molecule has 3 rings (SSSR count). The minimum Gasteiger partial charge on any atom is -0.378 e. The molecule has 0 aromatic carbocycles. The fourth-order valence-corrected chi connectivity index (χ4v) is 8.49. The zero-order valence-corrected chi connectivity index (χ0v) is 47.8. The monoisotopic (exact) mass is 963 g/mol. The van der Waals surface area contributed by atoms with Gasteiger partial charge in [-0.3, -0.25) is 18.6 Å². The lowest BCUT2D eigenvalue weighted by atomic mass is 9.89. The van der Waals surface area contributed by atoms with E-state index in [-0.39, 0.29) is 15.7 Å². The first kappa shape index (κ1) is 62.7. The van der Waals surface area contributed by atoms with Crippen molar-refractivity contribution >= 4 is 21.3 Å². The summed E-state index contributed by atoms with van der Waals surface area (Å²) in [6.45, 7) is 46.8. The zero-order valence-electron chi connectivity index (χ0n) is 47.0. The average molecular weight is 964 g/mol. The number of aryl methyl sites for hydroxylation is 2. The van der Waals surface area contributed by atoms with Crippen molar-refractivity contribution in [1.82, 2.24) is 39.8 Å². The summed E-state index contributed by atoms with van der Waals surface area (Å²) in [6.07, 6.45) is 20.2. The molecule has 67 heavy (non-hydrogen) atoms. The summed E-state index contributed by atoms with van der Waals surface area (Å²) >= 11 is 0. The van der Waals surface area contributed by atoms with Crippen molar-refractivity contribution in [2.75, 3.05) is 58.4 Å². The van der Waals surface area contributed by atoms with Crippen LogP contribution in [0.4, 0.5) is 0 Å². The Morgan fingerprint density at radius 3 is 1.58 bits per heavy atom. The van der Waals surface area contributed by atoms with E-state index in [1.165, 1.54) is 70.6 Å². The van der Waals surface area contributed by atoms with Gasteiger partial charge in [0.2, 0.25) is 5.91 Å². The number of unbranched alkanes of at least 4 members (excludes halogenated alkanes) is 5. The molecule has 1 aliphatic rings. The molecule has 0 N–H and O–H groups in total. The molecule has 3 heterocycles. The average Bonchev–Trinajstić information content (AvgIpc) is 3.80. The number of ether oxygens (including phenoxy) is 2. The number of aromatic nitrogens is 6. The third-order valence-corrected chi connectivity index (χ3v) is 14.9. The van der Waals surface area contributed by atoms with Crippen LogP contribution in [0.5, 0.6) is 0 Å². The molecule has 13 heteroatoms. The highest BCUT2D eigenvalue weighted by molar-refractivity contribution is 8.01. The third-order valence-electron chi connectivity index (χ3n) is 11.8. The highest BCUT2D eigenvalue weighted by Crippen LogP contribution is 2.25. The second-order valence-electron chi connectivity index (χ2n) is 26.0. The van der Waals surface area contributed by atoms with Crippen molar-refractivity contribution in [1.29, 1.82) is 0 Å². The topological polar surface area (TPSA) is 120 Å². The molecule has 2 aromatic heterocycles. The molecule has 1 unspecified atom stereocenters. The number of hydrogen-bond acceptors (Lipinski definition) is 9. The molecule has 1 aliphatic heterocycles. The summed E-state index contributed by atoms with van der Waals surface area (Å²) < 4.78 is 26.9. The van der Waals surface area contributed by atoms with Gasteiger partial charge in [0.15, 0.2) is 0 Å². The molecule has 0 bridgehead atoms. The maximum absolute atomic E-state index is 12.4. The Morgan fingerprint density at radius 2 is 1.04 bits per heavy atom. The second-order valence-corrected chi connectivity index (χ2v) is 29.3. The predicted octanol–water partition coefficient (Wildman–Crippen LogP) is 11.6. The van der Waals surface area contributed by atoms with E-state index in [0.29, 0.717) is 67.4 Å². The van der Waals surface area contributed by atoms with Crippen LogP contribution in [0.2, 0.25) is 0 Å². The Balaban J connectivity index is 0.000000506. The van der Waals surface area contributed by atoms with Gasteiger partial charge >= 0.3 is 0 Å². The van der Waals surface area contributed by atoms with Gasteiger partial charge in [-0.05, 0) is 137 Å². The number of amides is 1. The Kier molecular flexibility index (Phi) is 27.2. The van der Waals surface area contributed by atoms with Gasteiger partial charge in [0.1, 0.15) is 0 Å². The highest BCUT2D eigenvalue weighted by Gasteiger charge is 2.31. The van der Waals surface area contributed by atoms with Crippen molar-refractivity contribution in [3.05, 3.63) is 23.8 Å². The van der Waals surface area contributed by atoms with Crippen LogP contribution in [-0.2, 0) is 49.7 Å². The quantitative estimate of drug-likeness (QED) is 0.0748. The molecule has 0 radical (unpaired) electrons. The molecule has 0 spiro atoms. The van der Waals surface area contributed by atoms with Crippen LogP contribution in [-0.4, -0.2) is 124 Å². The summed E-state index contributed by atoms with van der Waals surface area (Å²) in [4.78, 5) is 16.6. The van der Waals surface area contributed by atoms with Gasteiger partial charge in [-0.2, -0.15) is 0 Å². The number of carbonyl (C=O) groups is 1. The molecule has 392 valence electrons. The van der Waals surface area contributed by atoms with Crippen molar-refractivity contribution < 1.29 is 18.5 Å². The second kappa shape index (κ2) is 29.1. The van der Waals surface area contributed by atoms with Gasteiger partial charge in [-0.15, -0.1) is 10.2 Å². The standard InChI is InChI=1S/C19H38N2O.C18H35N3O3S.C17H33N3/c1-18(2,3)12-10-8-7-9-11-13-20-14-15-21(17(22)16-20)19(4,5)6;1-17(2,3)14-16-15-21(20-19-16)8-9-23-10-11-24-12-13-25(7,22)18(4,5)6;1-16(2,3)11-7-8-13-20-14-15(18-19-20)10-9-12-17(4,5)6/h7-16H2,1-6H3;15H,7-14H2,1-6H3;14H,7-13H2,1-6H3. The lowest BCUT2D eigenvalue weighted by molar-refractivity contribution is -0.141. The number of carbonyl (C=O) groups excluding carboxylic acids is 1. The van der Waals surface area contributed by atoms with Gasteiger partial charge in [0.05, 0.1) is 50.9 Å². The van der Waals surface area contributed by atoms with E-state index in [4.69, 9.17) is 9.47 Å². The first-order valence-electron chi connectivity index (χ1n) is 26.0. The molecule has 1 saturated heterocycles. The van der Waals surface area contributed by atoms with Crippen LogP contribution < -0.4 is 0 Å². The molecule has 0 aliphatic carbocycles. The largest absolute Gasteiger partial charge is 0.378 e. The van der Waals surface area contributed by atoms with E-state index in [1.807, 2.05) is 41.2 Å². The summed E-state index contributed by atoms with van der Waals surface area (Å²) in [5.41, 5.74) is 3.67. The van der Waals surface area contributed by atoms with E-state index in [9.17, 15) is 9.00 Å². The SMILES string of the molecule is C=S(=O)(CCOCCOCCn1cc(CC(C)(C)C)nn1)C(C)(C)C.CC(C)(C)CCCCCCCN1CCN(C(C)(C)C)C(=O)C1.CC(C)(C)CCCCn1cc(CCCC(C)(C)C)nn1. The molecule has 1 atom stereocenters. The van der Waals surface area contributed by atoms with E-state index in [2.05, 4.69) is 141 Å². The zero-order chi connectivity index (χ0) is 51.2. The van der Waals surface area contributed by atoms with E-state index in [1.54, 1.807) is 0 Å². The summed E-state index contributed by atoms with van der Waals surface area (Å²) in [6, 6.07) is 0. The predicted molar refractivity (Wildman–Crippen MR) is 285 cm³/mol. The Bertz CT molecular complexity index is 1730. The number of rotatable bonds is 24. The maximum Gasteiger partial charge on any atom is 0.237 e. The highest BCUT2D eigenvalue weighted by atomic mass is 32.2. The molecule has 12 nitrogen and oxygen atoms in total. The van der Waals surface area contributed by atoms with Gasteiger partial charge < -0.3 is 14.4 Å². The number of piperazine rings is 1. The lowest BCUT2D eigenvalue weighted by Crippen LogP contribution is -2.56. The number of nitrogens with zero attached hydrogens (tertiary/aromatic N) is 8. The van der Waals surface area contributed by atoms with Crippen LogP contribution in [0.15, 0.2) is 12.4 Å². The van der Waals surface area contributed by atoms with Crippen LogP contribution >= 0.6 is 0 Å². The molecule has 1 amide bonds. The fraction of sp³-hybridized carbons (Fsp3) is 0.889. The summed E-state index contributed by atoms with van der Waals surface area (Å²) in [7, 11) is -2.13. The van der Waals surface area contributed by atoms with Gasteiger partial charge in [-0.25, -0.2) is 4.68 Å². The van der Waals surface area contributed by atoms with Gasteiger partial charge in [0, 0.05) is 48.1 Å². The van der Waals surface area contributed by atoms with Crippen LogP contribution in [0.1, 0.15) is 207 Å². The summed E-state index contributed by atoms with van der Waals surface area (Å²) in [5, 5.41) is 16.8. The molecule has 2 aromatic rings. The Hall–Kier alpha value is -2.35. The number of hydrogen-bond donors (Lipinski definition) is 0. The van der Waals surface area contributed by atoms with E-state index >= 15 is 0 Å². The molecule has 1 fully saturated rings. The van der Waals surface area contributed by atoms with Crippen molar-refractivity contribution in [2.24, 2.45) is 21.7 Å². The Labute approximate surface area is 413 Å². The minimum atomic E-state index is -2.13. The van der Waals surface area contributed by atoms with Crippen LogP contribution in [0.25, 0.3) is 0 Å². The van der Waals surface area contributed by atoms with E-state index in [0.717, 1.165) is 50.4 Å². The normalized spacial score (nSPS) is 15.5. The van der Waals surface area contributed by atoms with Crippen LogP contribution in [0, 0.1) is 21.7 Å². The van der Waals surface area contributed by atoms with Crippen molar-refractivity contribution in [2.45, 2.75) is 231 Å². The van der Waals surface area contributed by atoms with Crippen molar-refractivity contribution in [3.63, 3.8) is 0 Å². The van der Waals surface area contributed by atoms with Gasteiger partial charge in [-0.1, -0.05) is 126 Å². The van der Waals surface area contributed by atoms with E-state index < -0.39 is 9.52 Å². The fourth-order valence-electron chi connectivity index (χ4n) is 7.49. The first-order valence-corrected chi connectivity index (χ1v) is 27.9. The molecular weight excluding hydrogens is 857 g/mol. The third kappa shape index (κ3) is 32.2. The van der Waals surface area contributed by atoms with Crippen LogP contribution in [0.3, 0.4) is 0 Å². The molecule has 0 saturated carbocycles. The Morgan fingerprint density at radius 1 is 0.567 bits per heavy atom. The van der Waals surface area contributed by atoms with Crippen molar-refractivity contribution in [3.8, 4) is 0 Å². The minimum absolute atomic E-state index is 0.0315. The lowest BCUT2D eigenvalue weighted by Gasteiger charge is -2.42. The molecular formula is C54H106N8O4S. The maximum atomic E-state index is 12.4. The summed E-state index contributed by atoms with van der Waals surface area (Å²) in [5.74, 6) is 4.62. The van der Waals surface area contributed by atoms with Gasteiger partial charge in [0.25, 0.3) is 0 Å².